The Kier molecular flexibility index (Phi) is 2.62. The van der Waals surface area contributed by atoms with Gasteiger partial charge in [-0.2, -0.15) is 4.98 Å². The molecule has 114 valence electrons. The monoisotopic (exact) mass is 297 g/mol. The maximum absolute atomic E-state index is 5.58. The van der Waals surface area contributed by atoms with E-state index in [1.165, 1.54) is 24.8 Å². The van der Waals surface area contributed by atoms with Crippen LogP contribution in [0, 0.1) is 5.41 Å². The summed E-state index contributed by atoms with van der Waals surface area (Å²) in [5.74, 6) is 2.99. The fourth-order valence-corrected chi connectivity index (χ4v) is 3.99. The van der Waals surface area contributed by atoms with E-state index < -0.39 is 0 Å². The number of rotatable bonds is 2. The summed E-state index contributed by atoms with van der Waals surface area (Å²) in [5, 5.41) is 7.64. The summed E-state index contributed by atoms with van der Waals surface area (Å²) in [6, 6.07) is 6.16. The van der Waals surface area contributed by atoms with Crippen molar-refractivity contribution in [1.82, 2.24) is 15.5 Å². The quantitative estimate of drug-likeness (QED) is 0.923. The van der Waals surface area contributed by atoms with Crippen LogP contribution in [0.1, 0.15) is 36.6 Å². The molecule has 1 N–H and O–H groups in total. The third-order valence-electron chi connectivity index (χ3n) is 5.48. The molecule has 1 spiro atoms. The molecule has 0 amide bonds. The largest absolute Gasteiger partial charge is 0.493 e. The molecule has 5 nitrogen and oxygen atoms in total. The third kappa shape index (κ3) is 1.88. The number of ether oxygens (including phenoxy) is 1. The van der Waals surface area contributed by atoms with Crippen LogP contribution in [0.15, 0.2) is 22.7 Å². The van der Waals surface area contributed by atoms with Gasteiger partial charge in [-0.05, 0) is 61.5 Å². The molecular weight excluding hydrogens is 278 g/mol. The molecule has 5 heteroatoms. The Bertz CT molecular complexity index is 718. The lowest BCUT2D eigenvalue weighted by Gasteiger charge is -2.22. The maximum atomic E-state index is 5.58. The van der Waals surface area contributed by atoms with E-state index in [1.807, 2.05) is 12.1 Å². The van der Waals surface area contributed by atoms with E-state index in [0.29, 0.717) is 17.2 Å². The molecule has 1 saturated heterocycles. The molecule has 2 aromatic rings. The Balaban J connectivity index is 1.41. The number of hydrogen-bond donors (Lipinski definition) is 1. The van der Waals surface area contributed by atoms with Gasteiger partial charge in [0.2, 0.25) is 11.7 Å². The number of fused-ring (bicyclic) bond motifs is 1. The second kappa shape index (κ2) is 4.56. The molecule has 5 rings (SSSR count). The highest BCUT2D eigenvalue weighted by atomic mass is 16.5. The Labute approximate surface area is 129 Å². The van der Waals surface area contributed by atoms with Gasteiger partial charge in [0.1, 0.15) is 5.75 Å². The minimum Gasteiger partial charge on any atom is -0.493 e. The molecule has 1 aromatic heterocycles. The molecule has 3 heterocycles. The molecule has 1 aliphatic carbocycles. The zero-order valence-corrected chi connectivity index (χ0v) is 12.5. The predicted molar refractivity (Wildman–Crippen MR) is 80.8 cm³/mol. The molecule has 22 heavy (non-hydrogen) atoms. The zero-order valence-electron chi connectivity index (χ0n) is 12.5. The maximum Gasteiger partial charge on any atom is 0.230 e. The van der Waals surface area contributed by atoms with Crippen LogP contribution in [0.3, 0.4) is 0 Å². The van der Waals surface area contributed by atoms with Crippen LogP contribution in [0.4, 0.5) is 0 Å². The fraction of sp³-hybridized carbons (Fsp3) is 0.529. The average molecular weight is 297 g/mol. The summed E-state index contributed by atoms with van der Waals surface area (Å²) in [4.78, 5) is 4.68. The zero-order chi connectivity index (χ0) is 14.6. The predicted octanol–water partition coefficient (Wildman–Crippen LogP) is 2.53. The molecule has 3 aliphatic rings. The second-order valence-corrected chi connectivity index (χ2v) is 6.75. The van der Waals surface area contributed by atoms with Gasteiger partial charge in [0.25, 0.3) is 0 Å². The lowest BCUT2D eigenvalue weighted by Crippen LogP contribution is -2.29. The average Bonchev–Trinajstić information content (AvgIpc) is 2.99. The minimum atomic E-state index is 0.431. The Morgan fingerprint density at radius 3 is 3.05 bits per heavy atom. The summed E-state index contributed by atoms with van der Waals surface area (Å²) < 4.78 is 11.1. The topological polar surface area (TPSA) is 60.2 Å². The van der Waals surface area contributed by atoms with Crippen molar-refractivity contribution in [2.45, 2.75) is 31.6 Å². The van der Waals surface area contributed by atoms with E-state index in [1.54, 1.807) is 0 Å². The number of nitrogens with one attached hydrogen (secondary N) is 1. The van der Waals surface area contributed by atoms with Gasteiger partial charge in [0.05, 0.1) is 6.61 Å². The van der Waals surface area contributed by atoms with Crippen molar-refractivity contribution in [3.8, 4) is 17.1 Å². The molecule has 0 bridgehead atoms. The van der Waals surface area contributed by atoms with Gasteiger partial charge < -0.3 is 14.6 Å². The highest BCUT2D eigenvalue weighted by molar-refractivity contribution is 5.59. The summed E-state index contributed by atoms with van der Waals surface area (Å²) in [6.07, 6.45) is 4.62. The highest BCUT2D eigenvalue weighted by Gasteiger charge is 2.57. The summed E-state index contributed by atoms with van der Waals surface area (Å²) in [7, 11) is 0. The minimum absolute atomic E-state index is 0.431. The smallest absolute Gasteiger partial charge is 0.230 e. The molecule has 2 aliphatic heterocycles. The van der Waals surface area contributed by atoms with Gasteiger partial charge in [0, 0.05) is 17.9 Å². The molecule has 1 saturated carbocycles. The normalized spacial score (nSPS) is 25.0. The molecule has 1 atom stereocenters. The SMILES string of the molecule is c1cc2c(cc1-c1noc(C3CC34CCNCC4)n1)CCO2. The van der Waals surface area contributed by atoms with Crippen molar-refractivity contribution < 1.29 is 9.26 Å². The van der Waals surface area contributed by atoms with Crippen molar-refractivity contribution in [1.29, 1.82) is 0 Å². The first-order valence-electron chi connectivity index (χ1n) is 8.15. The fourth-order valence-electron chi connectivity index (χ4n) is 3.99. The first-order chi connectivity index (χ1) is 10.8. The van der Waals surface area contributed by atoms with Crippen LogP contribution in [0.25, 0.3) is 11.4 Å². The van der Waals surface area contributed by atoms with E-state index in [2.05, 4.69) is 21.5 Å². The van der Waals surface area contributed by atoms with Gasteiger partial charge >= 0.3 is 0 Å². The van der Waals surface area contributed by atoms with E-state index in [4.69, 9.17) is 9.26 Å². The summed E-state index contributed by atoms with van der Waals surface area (Å²) in [6.45, 7) is 3.00. The molecule has 2 fully saturated rings. The van der Waals surface area contributed by atoms with Crippen molar-refractivity contribution in [2.24, 2.45) is 5.41 Å². The number of nitrogens with zero attached hydrogens (tertiary/aromatic N) is 2. The highest BCUT2D eigenvalue weighted by Crippen LogP contribution is 2.63. The van der Waals surface area contributed by atoms with Gasteiger partial charge in [-0.1, -0.05) is 5.16 Å². The Hall–Kier alpha value is -1.88. The molecular formula is C17H19N3O2. The molecule has 0 radical (unpaired) electrons. The van der Waals surface area contributed by atoms with E-state index >= 15 is 0 Å². The van der Waals surface area contributed by atoms with Gasteiger partial charge in [0.15, 0.2) is 0 Å². The number of piperidine rings is 1. The summed E-state index contributed by atoms with van der Waals surface area (Å²) in [5.41, 5.74) is 2.70. The van der Waals surface area contributed by atoms with Crippen LogP contribution in [-0.2, 0) is 6.42 Å². The van der Waals surface area contributed by atoms with Gasteiger partial charge in [-0.3, -0.25) is 0 Å². The first-order valence-corrected chi connectivity index (χ1v) is 8.15. The molecule has 1 unspecified atom stereocenters. The number of aromatic nitrogens is 2. The second-order valence-electron chi connectivity index (χ2n) is 6.75. The molecule has 1 aromatic carbocycles. The summed E-state index contributed by atoms with van der Waals surface area (Å²) >= 11 is 0. The Morgan fingerprint density at radius 1 is 1.23 bits per heavy atom. The Morgan fingerprint density at radius 2 is 2.14 bits per heavy atom. The standard InChI is InChI=1S/C17H19N3O2/c1-2-14-11(3-8-21-14)9-12(1)15-19-16(22-20-15)13-10-17(13)4-6-18-7-5-17/h1-2,9,13,18H,3-8,10H2. The van der Waals surface area contributed by atoms with Crippen LogP contribution < -0.4 is 10.1 Å². The van der Waals surface area contributed by atoms with E-state index in [9.17, 15) is 0 Å². The lowest BCUT2D eigenvalue weighted by atomic mass is 9.92. The van der Waals surface area contributed by atoms with Crippen LogP contribution in [0.5, 0.6) is 5.75 Å². The van der Waals surface area contributed by atoms with Crippen molar-refractivity contribution in [2.75, 3.05) is 19.7 Å². The first kappa shape index (κ1) is 12.6. The third-order valence-corrected chi connectivity index (χ3v) is 5.48. The van der Waals surface area contributed by atoms with Gasteiger partial charge in [-0.25, -0.2) is 0 Å². The van der Waals surface area contributed by atoms with Gasteiger partial charge in [-0.15, -0.1) is 0 Å². The van der Waals surface area contributed by atoms with Crippen LogP contribution in [0.2, 0.25) is 0 Å². The van der Waals surface area contributed by atoms with Crippen molar-refractivity contribution in [3.63, 3.8) is 0 Å². The number of hydrogen-bond acceptors (Lipinski definition) is 5. The van der Waals surface area contributed by atoms with Crippen molar-refractivity contribution >= 4 is 0 Å². The van der Waals surface area contributed by atoms with Crippen LogP contribution >= 0.6 is 0 Å². The van der Waals surface area contributed by atoms with E-state index in [0.717, 1.165) is 43.3 Å². The van der Waals surface area contributed by atoms with E-state index in [-0.39, 0.29) is 0 Å². The lowest BCUT2D eigenvalue weighted by molar-refractivity contribution is 0.311. The van der Waals surface area contributed by atoms with Crippen molar-refractivity contribution in [3.05, 3.63) is 29.7 Å². The van der Waals surface area contributed by atoms with Crippen LogP contribution in [-0.4, -0.2) is 29.8 Å². The number of benzene rings is 1.